The zero-order valence-corrected chi connectivity index (χ0v) is 10.4. The van der Waals surface area contributed by atoms with E-state index in [0.29, 0.717) is 19.0 Å². The molecule has 1 aliphatic heterocycles. The Labute approximate surface area is 110 Å². The number of nitrogens with zero attached hydrogens (tertiary/aromatic N) is 2. The third kappa shape index (κ3) is 2.67. The van der Waals surface area contributed by atoms with E-state index in [2.05, 4.69) is 4.98 Å². The highest BCUT2D eigenvalue weighted by molar-refractivity contribution is 5.52. The van der Waals surface area contributed by atoms with Crippen LogP contribution in [0, 0.1) is 0 Å². The summed E-state index contributed by atoms with van der Waals surface area (Å²) in [6.45, 7) is 1.08. The highest BCUT2D eigenvalue weighted by Gasteiger charge is 2.31. The second-order valence-electron chi connectivity index (χ2n) is 4.79. The first kappa shape index (κ1) is 12.3. The normalized spacial score (nSPS) is 23.9. The van der Waals surface area contributed by atoms with Gasteiger partial charge in [-0.05, 0) is 12.1 Å². The number of halogens is 1. The van der Waals surface area contributed by atoms with Gasteiger partial charge in [0.1, 0.15) is 12.4 Å². The molecule has 1 aromatic carbocycles. The molecule has 19 heavy (non-hydrogen) atoms. The van der Waals surface area contributed by atoms with Crippen molar-refractivity contribution in [2.75, 3.05) is 13.1 Å². The fourth-order valence-electron chi connectivity index (χ4n) is 2.27. The van der Waals surface area contributed by atoms with E-state index >= 15 is 0 Å². The Morgan fingerprint density at radius 3 is 2.79 bits per heavy atom. The summed E-state index contributed by atoms with van der Waals surface area (Å²) in [6.07, 6.45) is -0.471. The molecule has 0 saturated carbocycles. The molecule has 2 aromatic rings. The van der Waals surface area contributed by atoms with Crippen LogP contribution >= 0.6 is 0 Å². The van der Waals surface area contributed by atoms with Crippen LogP contribution in [0.3, 0.4) is 0 Å². The van der Waals surface area contributed by atoms with Gasteiger partial charge in [-0.3, -0.25) is 4.90 Å². The zero-order chi connectivity index (χ0) is 13.2. The van der Waals surface area contributed by atoms with Crippen LogP contribution in [0.4, 0.5) is 4.39 Å². The lowest BCUT2D eigenvalue weighted by Crippen LogP contribution is -2.21. The largest absolute Gasteiger partial charge is 0.444 e. The maximum atomic E-state index is 13.2. The average molecular weight is 262 g/mol. The molecule has 2 heterocycles. The molecule has 3 rings (SSSR count). The van der Waals surface area contributed by atoms with Gasteiger partial charge in [-0.25, -0.2) is 9.37 Å². The summed E-state index contributed by atoms with van der Waals surface area (Å²) >= 11 is 0. The smallest absolute Gasteiger partial charge is 0.226 e. The number of benzene rings is 1. The summed E-state index contributed by atoms with van der Waals surface area (Å²) in [5.74, 6) is 0.562. The molecule has 4 nitrogen and oxygen atoms in total. The number of aliphatic hydroxyl groups excluding tert-OH is 1. The van der Waals surface area contributed by atoms with Crippen molar-refractivity contribution in [3.8, 4) is 11.5 Å². The summed E-state index contributed by atoms with van der Waals surface area (Å²) in [6, 6.07) is 9.62. The summed E-state index contributed by atoms with van der Waals surface area (Å²) in [5.41, 5.74) is 1.67. The van der Waals surface area contributed by atoms with Gasteiger partial charge in [0, 0.05) is 25.2 Å². The standard InChI is InChI=1S/C14H15FN2O2/c15-12-7-17(8-13(12)18)6-11-9-19-14(16-11)10-4-2-1-3-5-10/h1-5,9,12-13,18H,6-8H2/t12-,13-/m1/s1. The molecule has 0 amide bonds. The maximum Gasteiger partial charge on any atom is 0.226 e. The Morgan fingerprint density at radius 2 is 2.11 bits per heavy atom. The molecule has 0 bridgehead atoms. The average Bonchev–Trinajstić information content (AvgIpc) is 2.99. The van der Waals surface area contributed by atoms with E-state index in [1.165, 1.54) is 0 Å². The predicted molar refractivity (Wildman–Crippen MR) is 68.1 cm³/mol. The number of alkyl halides is 1. The number of aliphatic hydroxyl groups is 1. The van der Waals surface area contributed by atoms with Gasteiger partial charge in [0.15, 0.2) is 0 Å². The number of hydrogen-bond acceptors (Lipinski definition) is 4. The molecule has 5 heteroatoms. The molecular formula is C14H15FN2O2. The molecule has 1 fully saturated rings. The molecule has 1 N–H and O–H groups in total. The van der Waals surface area contributed by atoms with E-state index in [4.69, 9.17) is 4.42 Å². The number of aromatic nitrogens is 1. The monoisotopic (exact) mass is 262 g/mol. The van der Waals surface area contributed by atoms with Gasteiger partial charge < -0.3 is 9.52 Å². The lowest BCUT2D eigenvalue weighted by molar-refractivity contribution is 0.115. The Hall–Kier alpha value is -1.72. The minimum absolute atomic E-state index is 0.245. The highest BCUT2D eigenvalue weighted by atomic mass is 19.1. The van der Waals surface area contributed by atoms with Gasteiger partial charge in [0.05, 0.1) is 11.8 Å². The first-order chi connectivity index (χ1) is 9.22. The molecule has 1 saturated heterocycles. The molecule has 0 spiro atoms. The van der Waals surface area contributed by atoms with Crippen molar-refractivity contribution in [2.24, 2.45) is 0 Å². The Bertz CT molecular complexity index is 533. The quantitative estimate of drug-likeness (QED) is 0.917. The Balaban J connectivity index is 1.69. The van der Waals surface area contributed by atoms with E-state index < -0.39 is 12.3 Å². The van der Waals surface area contributed by atoms with Crippen molar-refractivity contribution in [1.29, 1.82) is 0 Å². The van der Waals surface area contributed by atoms with Crippen molar-refractivity contribution in [1.82, 2.24) is 9.88 Å². The highest BCUT2D eigenvalue weighted by Crippen LogP contribution is 2.20. The van der Waals surface area contributed by atoms with Gasteiger partial charge in [-0.2, -0.15) is 0 Å². The minimum atomic E-state index is -1.17. The molecule has 0 radical (unpaired) electrons. The number of likely N-dealkylation sites (tertiary alicyclic amines) is 1. The van der Waals surface area contributed by atoms with Crippen LogP contribution in [-0.4, -0.2) is 40.4 Å². The third-order valence-corrected chi connectivity index (χ3v) is 3.25. The molecule has 1 aromatic heterocycles. The summed E-state index contributed by atoms with van der Waals surface area (Å²) in [7, 11) is 0. The molecule has 2 atom stereocenters. The molecule has 100 valence electrons. The van der Waals surface area contributed by atoms with Crippen LogP contribution < -0.4 is 0 Å². The van der Waals surface area contributed by atoms with Crippen LogP contribution in [-0.2, 0) is 6.54 Å². The Morgan fingerprint density at radius 1 is 1.32 bits per heavy atom. The zero-order valence-electron chi connectivity index (χ0n) is 10.4. The Kier molecular flexibility index (Phi) is 3.31. The van der Waals surface area contributed by atoms with Crippen LogP contribution in [0.2, 0.25) is 0 Å². The van der Waals surface area contributed by atoms with E-state index in [0.717, 1.165) is 11.3 Å². The first-order valence-electron chi connectivity index (χ1n) is 6.26. The van der Waals surface area contributed by atoms with Crippen molar-refractivity contribution in [3.05, 3.63) is 42.3 Å². The van der Waals surface area contributed by atoms with E-state index in [1.54, 1.807) is 6.26 Å². The summed E-state index contributed by atoms with van der Waals surface area (Å²) < 4.78 is 18.6. The van der Waals surface area contributed by atoms with Crippen molar-refractivity contribution < 1.29 is 13.9 Å². The van der Waals surface area contributed by atoms with Crippen molar-refractivity contribution >= 4 is 0 Å². The second-order valence-corrected chi connectivity index (χ2v) is 4.79. The van der Waals surface area contributed by atoms with Gasteiger partial charge >= 0.3 is 0 Å². The van der Waals surface area contributed by atoms with Gasteiger partial charge in [0.2, 0.25) is 5.89 Å². The molecule has 0 aliphatic carbocycles. The van der Waals surface area contributed by atoms with E-state index in [9.17, 15) is 9.50 Å². The van der Waals surface area contributed by atoms with Crippen LogP contribution in [0.1, 0.15) is 5.69 Å². The third-order valence-electron chi connectivity index (χ3n) is 3.25. The fraction of sp³-hybridized carbons (Fsp3) is 0.357. The topological polar surface area (TPSA) is 49.5 Å². The first-order valence-corrected chi connectivity index (χ1v) is 6.26. The van der Waals surface area contributed by atoms with E-state index in [1.807, 2.05) is 35.2 Å². The predicted octanol–water partition coefficient (Wildman–Crippen LogP) is 1.86. The van der Waals surface area contributed by atoms with E-state index in [-0.39, 0.29) is 6.54 Å². The number of hydrogen-bond donors (Lipinski definition) is 1. The van der Waals surface area contributed by atoms with Crippen molar-refractivity contribution in [3.63, 3.8) is 0 Å². The van der Waals surface area contributed by atoms with Crippen LogP contribution in [0.5, 0.6) is 0 Å². The fourth-order valence-corrected chi connectivity index (χ4v) is 2.27. The van der Waals surface area contributed by atoms with Gasteiger partial charge in [-0.1, -0.05) is 18.2 Å². The number of oxazole rings is 1. The summed E-state index contributed by atoms with van der Waals surface area (Å²) in [5, 5.41) is 9.37. The van der Waals surface area contributed by atoms with Crippen LogP contribution in [0.15, 0.2) is 41.0 Å². The second kappa shape index (κ2) is 5.11. The maximum absolute atomic E-state index is 13.2. The SMILES string of the molecule is O[C@@H]1CN(Cc2coc(-c3ccccc3)n2)C[C@H]1F. The number of β-amino-alcohol motifs (C(OH)–C–C–N with tert-alkyl or cyclic N) is 1. The van der Waals surface area contributed by atoms with Gasteiger partial charge in [-0.15, -0.1) is 0 Å². The summed E-state index contributed by atoms with van der Waals surface area (Å²) in [4.78, 5) is 6.22. The van der Waals surface area contributed by atoms with Crippen LogP contribution in [0.25, 0.3) is 11.5 Å². The lowest BCUT2D eigenvalue weighted by Gasteiger charge is -2.11. The van der Waals surface area contributed by atoms with Gasteiger partial charge in [0.25, 0.3) is 0 Å². The molecule has 0 unspecified atom stereocenters. The minimum Gasteiger partial charge on any atom is -0.444 e. The molecule has 1 aliphatic rings. The molecular weight excluding hydrogens is 247 g/mol. The number of rotatable bonds is 3. The lowest BCUT2D eigenvalue weighted by atomic mass is 10.2. The van der Waals surface area contributed by atoms with Crippen molar-refractivity contribution in [2.45, 2.75) is 18.8 Å².